The topological polar surface area (TPSA) is 32.9 Å². The largest absolute Gasteiger partial charge is 0.420 e. The molecule has 0 aliphatic rings. The number of hydrogen-bond acceptors (Lipinski definition) is 1. The summed E-state index contributed by atoms with van der Waals surface area (Å²) >= 11 is 0. The van der Waals surface area contributed by atoms with Crippen molar-refractivity contribution in [2.45, 2.75) is 6.18 Å². The molecule has 0 saturated carbocycles. The zero-order valence-electron chi connectivity index (χ0n) is 11.3. The first-order valence-electron chi connectivity index (χ1n) is 6.46. The average Bonchev–Trinajstić information content (AvgIpc) is 2.47. The fourth-order valence-electron chi connectivity index (χ4n) is 2.41. The number of aromatic amines is 1. The molecule has 3 rings (SSSR count). The van der Waals surface area contributed by atoms with E-state index in [0.717, 1.165) is 12.1 Å². The zero-order chi connectivity index (χ0) is 16.8. The Balaban J connectivity index is 2.38. The summed E-state index contributed by atoms with van der Waals surface area (Å²) in [6.45, 7) is 0. The van der Waals surface area contributed by atoms with E-state index in [1.165, 1.54) is 30.3 Å². The van der Waals surface area contributed by atoms with E-state index >= 15 is 0 Å². The third-order valence-corrected chi connectivity index (χ3v) is 3.42. The number of fused-ring (bicyclic) bond motifs is 1. The van der Waals surface area contributed by atoms with Crippen LogP contribution < -0.4 is 5.56 Å². The smallest absolute Gasteiger partial charge is 0.319 e. The minimum absolute atomic E-state index is 0.0779. The molecule has 0 spiro atoms. The van der Waals surface area contributed by atoms with Gasteiger partial charge in [0.05, 0.1) is 0 Å². The summed E-state index contributed by atoms with van der Waals surface area (Å²) in [5.74, 6) is -2.53. The molecule has 118 valence electrons. The highest BCUT2D eigenvalue weighted by Crippen LogP contribution is 2.36. The van der Waals surface area contributed by atoms with Gasteiger partial charge in [0.25, 0.3) is 5.56 Å². The van der Waals surface area contributed by atoms with Crippen LogP contribution in [0, 0.1) is 11.6 Å². The Morgan fingerprint density at radius 1 is 0.957 bits per heavy atom. The van der Waals surface area contributed by atoms with Gasteiger partial charge in [-0.05, 0) is 23.8 Å². The monoisotopic (exact) mass is 325 g/mol. The summed E-state index contributed by atoms with van der Waals surface area (Å²) in [5.41, 5.74) is -3.07. The molecule has 0 fully saturated rings. The predicted octanol–water partition coefficient (Wildman–Crippen LogP) is 4.49. The number of aromatic nitrogens is 1. The highest BCUT2D eigenvalue weighted by atomic mass is 19.4. The van der Waals surface area contributed by atoms with E-state index in [1.807, 2.05) is 4.98 Å². The molecule has 0 aliphatic heterocycles. The van der Waals surface area contributed by atoms with Gasteiger partial charge in [0.2, 0.25) is 5.82 Å². The van der Waals surface area contributed by atoms with Crippen LogP contribution in [0.15, 0.2) is 47.3 Å². The van der Waals surface area contributed by atoms with Crippen LogP contribution in [0.3, 0.4) is 0 Å². The van der Waals surface area contributed by atoms with Gasteiger partial charge in [-0.3, -0.25) is 4.79 Å². The number of pyridine rings is 1. The Labute approximate surface area is 126 Å². The predicted molar refractivity (Wildman–Crippen MR) is 74.9 cm³/mol. The molecule has 7 heteroatoms. The third-order valence-electron chi connectivity index (χ3n) is 3.42. The van der Waals surface area contributed by atoms with Gasteiger partial charge in [0, 0.05) is 16.5 Å². The molecule has 1 aromatic heterocycles. The number of benzene rings is 2. The molecule has 2 aromatic carbocycles. The van der Waals surface area contributed by atoms with Crippen molar-refractivity contribution in [1.82, 2.24) is 4.98 Å². The number of halogens is 5. The Kier molecular flexibility index (Phi) is 3.43. The SMILES string of the molecule is O=c1[nH]c2ccc(-c3ccccc3F)cc2c(C(F)(F)F)c1F. The molecule has 0 atom stereocenters. The van der Waals surface area contributed by atoms with Gasteiger partial charge in [-0.1, -0.05) is 24.3 Å². The number of H-pyrrole nitrogens is 1. The van der Waals surface area contributed by atoms with Crippen LogP contribution in [0.25, 0.3) is 22.0 Å². The number of alkyl halides is 3. The first kappa shape index (κ1) is 15.2. The fourth-order valence-corrected chi connectivity index (χ4v) is 2.41. The van der Waals surface area contributed by atoms with Crippen molar-refractivity contribution in [3.8, 4) is 11.1 Å². The maximum Gasteiger partial charge on any atom is 0.420 e. The molecule has 0 aliphatic carbocycles. The van der Waals surface area contributed by atoms with E-state index in [0.29, 0.717) is 0 Å². The van der Waals surface area contributed by atoms with Crippen LogP contribution in [0.1, 0.15) is 5.56 Å². The van der Waals surface area contributed by atoms with E-state index in [-0.39, 0.29) is 16.6 Å². The van der Waals surface area contributed by atoms with Gasteiger partial charge in [-0.25, -0.2) is 8.78 Å². The molecular weight excluding hydrogens is 317 g/mol. The number of rotatable bonds is 1. The normalized spacial score (nSPS) is 11.9. The van der Waals surface area contributed by atoms with Crippen molar-refractivity contribution in [1.29, 1.82) is 0 Å². The second kappa shape index (κ2) is 5.19. The lowest BCUT2D eigenvalue weighted by atomic mass is 10.00. The van der Waals surface area contributed by atoms with Crippen LogP contribution in [-0.4, -0.2) is 4.98 Å². The van der Waals surface area contributed by atoms with Crippen LogP contribution in [0.2, 0.25) is 0 Å². The molecule has 0 amide bonds. The lowest BCUT2D eigenvalue weighted by molar-refractivity contribution is -0.138. The first-order chi connectivity index (χ1) is 10.8. The van der Waals surface area contributed by atoms with Crippen LogP contribution >= 0.6 is 0 Å². The standard InChI is InChI=1S/C16H8F5NO/c17-11-4-2-1-3-9(11)8-5-6-12-10(7-8)13(16(19,20)21)14(18)15(23)22-12/h1-7H,(H,22,23). The van der Waals surface area contributed by atoms with E-state index in [1.54, 1.807) is 0 Å². The van der Waals surface area contributed by atoms with Crippen LogP contribution in [0.5, 0.6) is 0 Å². The van der Waals surface area contributed by atoms with E-state index in [4.69, 9.17) is 0 Å². The second-order valence-electron chi connectivity index (χ2n) is 4.88. The van der Waals surface area contributed by atoms with Gasteiger partial charge < -0.3 is 4.98 Å². The van der Waals surface area contributed by atoms with Crippen LogP contribution in [0.4, 0.5) is 22.0 Å². The quantitative estimate of drug-likeness (QED) is 0.657. The van der Waals surface area contributed by atoms with E-state index in [2.05, 4.69) is 0 Å². The zero-order valence-corrected chi connectivity index (χ0v) is 11.3. The summed E-state index contributed by atoms with van der Waals surface area (Å²) in [5, 5.41) is -0.532. The molecule has 3 aromatic rings. The van der Waals surface area contributed by atoms with Crippen molar-refractivity contribution >= 4 is 10.9 Å². The number of hydrogen-bond donors (Lipinski definition) is 1. The van der Waals surface area contributed by atoms with Crippen molar-refractivity contribution in [2.75, 3.05) is 0 Å². The molecule has 1 N–H and O–H groups in total. The summed E-state index contributed by atoms with van der Waals surface area (Å²) in [6, 6.07) is 9.08. The van der Waals surface area contributed by atoms with Gasteiger partial charge in [-0.15, -0.1) is 0 Å². The Morgan fingerprint density at radius 2 is 1.65 bits per heavy atom. The lowest BCUT2D eigenvalue weighted by Crippen LogP contribution is -2.20. The van der Waals surface area contributed by atoms with Gasteiger partial charge in [-0.2, -0.15) is 13.2 Å². The van der Waals surface area contributed by atoms with Crippen LogP contribution in [-0.2, 0) is 6.18 Å². The van der Waals surface area contributed by atoms with E-state index < -0.39 is 34.3 Å². The summed E-state index contributed by atoms with van der Waals surface area (Å²) in [6.07, 6.45) is -5.05. The summed E-state index contributed by atoms with van der Waals surface area (Å²) < 4.78 is 66.8. The molecule has 2 nitrogen and oxygen atoms in total. The van der Waals surface area contributed by atoms with Gasteiger partial charge in [0.1, 0.15) is 11.4 Å². The Bertz CT molecular complexity index is 959. The minimum Gasteiger partial charge on any atom is -0.319 e. The van der Waals surface area contributed by atoms with E-state index in [9.17, 15) is 26.7 Å². The third kappa shape index (κ3) is 2.58. The molecule has 1 heterocycles. The Morgan fingerprint density at radius 3 is 2.30 bits per heavy atom. The highest BCUT2D eigenvalue weighted by molar-refractivity contribution is 5.87. The van der Waals surface area contributed by atoms with Gasteiger partial charge >= 0.3 is 6.18 Å². The fraction of sp³-hybridized carbons (Fsp3) is 0.0625. The lowest BCUT2D eigenvalue weighted by Gasteiger charge is -2.12. The first-order valence-corrected chi connectivity index (χ1v) is 6.46. The molecule has 0 bridgehead atoms. The van der Waals surface area contributed by atoms with Gasteiger partial charge in [0.15, 0.2) is 0 Å². The molecule has 0 radical (unpaired) electrons. The maximum absolute atomic E-state index is 13.8. The molecular formula is C16H8F5NO. The molecule has 23 heavy (non-hydrogen) atoms. The Hall–Kier alpha value is -2.70. The van der Waals surface area contributed by atoms with Crippen molar-refractivity contribution in [3.63, 3.8) is 0 Å². The minimum atomic E-state index is -5.05. The summed E-state index contributed by atoms with van der Waals surface area (Å²) in [4.78, 5) is 13.4. The van der Waals surface area contributed by atoms with Crippen molar-refractivity contribution < 1.29 is 22.0 Å². The summed E-state index contributed by atoms with van der Waals surface area (Å²) in [7, 11) is 0. The molecule has 0 saturated heterocycles. The number of nitrogens with one attached hydrogen (secondary N) is 1. The second-order valence-corrected chi connectivity index (χ2v) is 4.88. The molecule has 0 unspecified atom stereocenters. The highest BCUT2D eigenvalue weighted by Gasteiger charge is 2.37. The van der Waals surface area contributed by atoms with Crippen molar-refractivity contribution in [3.05, 3.63) is 70.0 Å². The van der Waals surface area contributed by atoms with Crippen molar-refractivity contribution in [2.24, 2.45) is 0 Å². The average molecular weight is 325 g/mol. The maximum atomic E-state index is 13.8.